The normalized spacial score (nSPS) is 21.1. The van der Waals surface area contributed by atoms with Gasteiger partial charge in [-0.3, -0.25) is 14.4 Å². The average Bonchev–Trinajstić information content (AvgIpc) is 2.78. The highest BCUT2D eigenvalue weighted by Gasteiger charge is 2.30. The highest BCUT2D eigenvalue weighted by atomic mass is 16.4. The summed E-state index contributed by atoms with van der Waals surface area (Å²) in [5.41, 5.74) is 0.777. The third-order valence-electron chi connectivity index (χ3n) is 6.27. The maximum absolute atomic E-state index is 12.9. The van der Waals surface area contributed by atoms with Crippen molar-refractivity contribution in [2.75, 3.05) is 26.2 Å². The fraction of sp³-hybridized carbons (Fsp3) is 0.609. The number of carboxylic acid groups (broad SMARTS) is 1. The van der Waals surface area contributed by atoms with Gasteiger partial charge >= 0.3 is 5.97 Å². The summed E-state index contributed by atoms with van der Waals surface area (Å²) in [6.07, 6.45) is 5.07. The molecule has 7 heteroatoms. The number of carbonyl (C=O) groups is 3. The summed E-state index contributed by atoms with van der Waals surface area (Å²) in [7, 11) is 0. The van der Waals surface area contributed by atoms with Crippen LogP contribution >= 0.6 is 0 Å². The topological polar surface area (TPSA) is 98.7 Å². The molecule has 3 N–H and O–H groups in total. The zero-order valence-electron chi connectivity index (χ0n) is 17.5. The molecule has 0 aromatic heterocycles. The Morgan fingerprint density at radius 3 is 2.57 bits per heavy atom. The van der Waals surface area contributed by atoms with Crippen molar-refractivity contribution in [3.63, 3.8) is 0 Å². The van der Waals surface area contributed by atoms with Crippen molar-refractivity contribution in [2.45, 2.75) is 51.0 Å². The van der Waals surface area contributed by atoms with Gasteiger partial charge in [0.2, 0.25) is 11.8 Å². The quantitative estimate of drug-likeness (QED) is 0.605. The molecule has 164 valence electrons. The number of aliphatic carboxylic acids is 1. The average molecular weight is 416 g/mol. The monoisotopic (exact) mass is 415 g/mol. The fourth-order valence-corrected chi connectivity index (χ4v) is 4.48. The summed E-state index contributed by atoms with van der Waals surface area (Å²) in [5.74, 6) is -0.664. The van der Waals surface area contributed by atoms with Crippen LogP contribution in [0.1, 0.15) is 56.6 Å². The van der Waals surface area contributed by atoms with Crippen molar-refractivity contribution >= 4 is 17.8 Å². The second-order valence-electron chi connectivity index (χ2n) is 8.48. The third kappa shape index (κ3) is 6.55. The molecule has 2 heterocycles. The molecular formula is C23H33N3O4. The summed E-state index contributed by atoms with van der Waals surface area (Å²) >= 11 is 0. The van der Waals surface area contributed by atoms with E-state index in [1.807, 2.05) is 35.2 Å². The molecule has 30 heavy (non-hydrogen) atoms. The lowest BCUT2D eigenvalue weighted by molar-refractivity contribution is -0.138. The van der Waals surface area contributed by atoms with Gasteiger partial charge in [-0.2, -0.15) is 0 Å². The van der Waals surface area contributed by atoms with Gasteiger partial charge in [-0.15, -0.1) is 0 Å². The van der Waals surface area contributed by atoms with E-state index in [1.165, 1.54) is 0 Å². The number of likely N-dealkylation sites (tertiary alicyclic amines) is 1. The molecule has 0 saturated carbocycles. The van der Waals surface area contributed by atoms with Crippen LogP contribution < -0.4 is 10.6 Å². The second kappa shape index (κ2) is 11.1. The van der Waals surface area contributed by atoms with E-state index in [0.717, 1.165) is 50.8 Å². The minimum Gasteiger partial charge on any atom is -0.481 e. The summed E-state index contributed by atoms with van der Waals surface area (Å²) in [6, 6.07) is 8.61. The van der Waals surface area contributed by atoms with E-state index in [9.17, 15) is 19.5 Å². The molecule has 0 unspecified atom stereocenters. The zero-order valence-corrected chi connectivity index (χ0v) is 17.5. The standard InChI is InChI=1S/C23H33N3O4/c27-21(9-8-17-10-12-24-13-11-17)26-14-4-7-19(16-26)23(30)25-20(15-22(28)29)18-5-2-1-3-6-18/h1-3,5-6,17,19-20,24H,4,7-16H2,(H,25,30)(H,28,29)/t19-,20+/m1/s1. The van der Waals surface area contributed by atoms with Gasteiger partial charge in [0.15, 0.2) is 0 Å². The highest BCUT2D eigenvalue weighted by molar-refractivity contribution is 5.82. The molecule has 2 aliphatic heterocycles. The number of rotatable bonds is 8. The van der Waals surface area contributed by atoms with Crippen LogP contribution in [0.3, 0.4) is 0 Å². The second-order valence-corrected chi connectivity index (χ2v) is 8.48. The third-order valence-corrected chi connectivity index (χ3v) is 6.27. The van der Waals surface area contributed by atoms with Crippen LogP contribution in [0.4, 0.5) is 0 Å². The summed E-state index contributed by atoms with van der Waals surface area (Å²) in [6.45, 7) is 3.19. The van der Waals surface area contributed by atoms with Crippen molar-refractivity contribution in [3.8, 4) is 0 Å². The molecule has 0 radical (unpaired) electrons. The van der Waals surface area contributed by atoms with Crippen LogP contribution in [0.2, 0.25) is 0 Å². The molecule has 7 nitrogen and oxygen atoms in total. The van der Waals surface area contributed by atoms with Gasteiger partial charge in [0, 0.05) is 19.5 Å². The van der Waals surface area contributed by atoms with Crippen molar-refractivity contribution in [1.29, 1.82) is 0 Å². The van der Waals surface area contributed by atoms with Crippen LogP contribution in [-0.2, 0) is 14.4 Å². The van der Waals surface area contributed by atoms with Crippen molar-refractivity contribution in [2.24, 2.45) is 11.8 Å². The first kappa shape index (κ1) is 22.3. The zero-order chi connectivity index (χ0) is 21.3. The number of amides is 2. The number of carbonyl (C=O) groups excluding carboxylic acids is 2. The molecule has 1 aromatic rings. The van der Waals surface area contributed by atoms with Crippen LogP contribution in [0.25, 0.3) is 0 Å². The predicted octanol–water partition coefficient (Wildman–Crippen LogP) is 2.34. The van der Waals surface area contributed by atoms with Gasteiger partial charge in [-0.25, -0.2) is 0 Å². The number of carboxylic acids is 1. The van der Waals surface area contributed by atoms with Crippen LogP contribution in [0, 0.1) is 11.8 Å². The molecule has 2 amide bonds. The number of hydrogen-bond donors (Lipinski definition) is 3. The molecule has 2 aliphatic rings. The fourth-order valence-electron chi connectivity index (χ4n) is 4.48. The van der Waals surface area contributed by atoms with E-state index in [4.69, 9.17) is 0 Å². The van der Waals surface area contributed by atoms with Gasteiger partial charge < -0.3 is 20.6 Å². The van der Waals surface area contributed by atoms with E-state index in [2.05, 4.69) is 10.6 Å². The van der Waals surface area contributed by atoms with Gasteiger partial charge in [-0.05, 0) is 56.7 Å². The van der Waals surface area contributed by atoms with Gasteiger partial charge in [0.1, 0.15) is 0 Å². The van der Waals surface area contributed by atoms with Gasteiger partial charge in [0.05, 0.1) is 18.4 Å². The number of piperidine rings is 2. The van der Waals surface area contributed by atoms with Crippen LogP contribution in [0.5, 0.6) is 0 Å². The lowest BCUT2D eigenvalue weighted by atomic mass is 9.92. The summed E-state index contributed by atoms with van der Waals surface area (Å²) < 4.78 is 0. The van der Waals surface area contributed by atoms with Gasteiger partial charge in [-0.1, -0.05) is 30.3 Å². The Balaban J connectivity index is 1.53. The molecule has 1 aromatic carbocycles. The minimum atomic E-state index is -0.956. The molecule has 0 spiro atoms. The van der Waals surface area contributed by atoms with Crippen molar-refractivity contribution in [3.05, 3.63) is 35.9 Å². The predicted molar refractivity (Wildman–Crippen MR) is 114 cm³/mol. The number of nitrogens with one attached hydrogen (secondary N) is 2. The van der Waals surface area contributed by atoms with Crippen LogP contribution in [-0.4, -0.2) is 54.0 Å². The molecule has 2 saturated heterocycles. The van der Waals surface area contributed by atoms with E-state index in [-0.39, 0.29) is 24.2 Å². The maximum atomic E-state index is 12.9. The van der Waals surface area contributed by atoms with E-state index in [0.29, 0.717) is 25.4 Å². The number of hydrogen-bond acceptors (Lipinski definition) is 4. The first-order valence-corrected chi connectivity index (χ1v) is 11.1. The first-order chi connectivity index (χ1) is 14.5. The first-order valence-electron chi connectivity index (χ1n) is 11.1. The molecular weight excluding hydrogens is 382 g/mol. The molecule has 3 rings (SSSR count). The van der Waals surface area contributed by atoms with E-state index >= 15 is 0 Å². The summed E-state index contributed by atoms with van der Waals surface area (Å²) in [5, 5.41) is 15.5. The SMILES string of the molecule is O=C(O)C[C@H](NC(=O)[C@@H]1CCCN(C(=O)CCC2CCNCC2)C1)c1ccccc1. The number of benzene rings is 1. The molecule has 2 fully saturated rings. The Bertz CT molecular complexity index is 718. The summed E-state index contributed by atoms with van der Waals surface area (Å²) in [4.78, 5) is 38.7. The maximum Gasteiger partial charge on any atom is 0.305 e. The Morgan fingerprint density at radius 2 is 1.87 bits per heavy atom. The van der Waals surface area contributed by atoms with Crippen molar-refractivity contribution < 1.29 is 19.5 Å². The van der Waals surface area contributed by atoms with Crippen molar-refractivity contribution in [1.82, 2.24) is 15.5 Å². The molecule has 0 aliphatic carbocycles. The Kier molecular flexibility index (Phi) is 8.25. The molecule has 0 bridgehead atoms. The lowest BCUT2D eigenvalue weighted by Gasteiger charge is -2.33. The van der Waals surface area contributed by atoms with Crippen LogP contribution in [0.15, 0.2) is 30.3 Å². The molecule has 2 atom stereocenters. The van der Waals surface area contributed by atoms with Gasteiger partial charge in [0.25, 0.3) is 0 Å². The smallest absolute Gasteiger partial charge is 0.305 e. The Morgan fingerprint density at radius 1 is 1.13 bits per heavy atom. The lowest BCUT2D eigenvalue weighted by Crippen LogP contribution is -2.46. The van der Waals surface area contributed by atoms with E-state index in [1.54, 1.807) is 0 Å². The minimum absolute atomic E-state index is 0.135. The Hall–Kier alpha value is -2.41. The highest BCUT2D eigenvalue weighted by Crippen LogP contribution is 2.23. The number of nitrogens with zero attached hydrogens (tertiary/aromatic N) is 1. The largest absolute Gasteiger partial charge is 0.481 e. The van der Waals surface area contributed by atoms with E-state index < -0.39 is 12.0 Å². The Labute approximate surface area is 178 Å².